The Morgan fingerprint density at radius 3 is 2.14 bits per heavy atom. The maximum absolute atomic E-state index is 5.56. The number of ether oxygens (including phenoxy) is 3. The third kappa shape index (κ3) is 13.2. The Kier molecular flexibility index (Phi) is 12.1. The van der Waals surface area contributed by atoms with Gasteiger partial charge in [-0.3, -0.25) is 0 Å². The van der Waals surface area contributed by atoms with E-state index in [2.05, 4.69) is 24.2 Å². The van der Waals surface area contributed by atoms with Crippen molar-refractivity contribution >= 4 is 0 Å². The van der Waals surface area contributed by atoms with Crippen LogP contribution in [0.25, 0.3) is 0 Å². The van der Waals surface area contributed by atoms with Crippen LogP contribution in [0.5, 0.6) is 0 Å². The smallest absolute Gasteiger partial charge is 0.0701 e. The normalized spacial score (nSPS) is 15.0. The molecule has 1 N–H and O–H groups in total. The van der Waals surface area contributed by atoms with Crippen LogP contribution in [0.4, 0.5) is 0 Å². The molecule has 21 heavy (non-hydrogen) atoms. The van der Waals surface area contributed by atoms with Crippen LogP contribution in [0.2, 0.25) is 0 Å². The van der Waals surface area contributed by atoms with Crippen molar-refractivity contribution < 1.29 is 14.2 Å². The number of hydrogen-bond acceptors (Lipinski definition) is 5. The van der Waals surface area contributed by atoms with Gasteiger partial charge in [0.05, 0.1) is 33.0 Å². The van der Waals surface area contributed by atoms with Gasteiger partial charge in [0, 0.05) is 32.3 Å². The van der Waals surface area contributed by atoms with E-state index in [1.54, 1.807) is 0 Å². The highest BCUT2D eigenvalue weighted by atomic mass is 16.5. The van der Waals surface area contributed by atoms with Crippen molar-refractivity contribution in [2.75, 3.05) is 66.3 Å². The van der Waals surface area contributed by atoms with Crippen LogP contribution >= 0.6 is 0 Å². The minimum atomic E-state index is 0.657. The zero-order valence-electron chi connectivity index (χ0n) is 13.9. The van der Waals surface area contributed by atoms with Crippen LogP contribution in [-0.2, 0) is 14.2 Å². The first kappa shape index (κ1) is 18.8. The molecule has 1 fully saturated rings. The monoisotopic (exact) mass is 302 g/mol. The van der Waals surface area contributed by atoms with Gasteiger partial charge in [-0.1, -0.05) is 13.3 Å². The molecule has 0 bridgehead atoms. The minimum absolute atomic E-state index is 0.657. The molecule has 0 spiro atoms. The van der Waals surface area contributed by atoms with Crippen LogP contribution in [0.1, 0.15) is 32.6 Å². The third-order valence-electron chi connectivity index (χ3n) is 3.51. The van der Waals surface area contributed by atoms with Crippen molar-refractivity contribution in [1.82, 2.24) is 10.2 Å². The van der Waals surface area contributed by atoms with Gasteiger partial charge in [-0.25, -0.2) is 0 Å². The molecule has 1 aliphatic carbocycles. The highest BCUT2D eigenvalue weighted by Crippen LogP contribution is 2.17. The van der Waals surface area contributed by atoms with Crippen LogP contribution in [0.15, 0.2) is 0 Å². The first-order valence-corrected chi connectivity index (χ1v) is 8.48. The van der Waals surface area contributed by atoms with Gasteiger partial charge in [0.25, 0.3) is 0 Å². The molecular weight excluding hydrogens is 268 g/mol. The van der Waals surface area contributed by atoms with Crippen molar-refractivity contribution in [2.45, 2.75) is 38.6 Å². The van der Waals surface area contributed by atoms with Crippen LogP contribution < -0.4 is 5.32 Å². The molecule has 1 aliphatic rings. The van der Waals surface area contributed by atoms with Gasteiger partial charge in [0.1, 0.15) is 0 Å². The van der Waals surface area contributed by atoms with Crippen molar-refractivity contribution in [3.05, 3.63) is 0 Å². The second-order valence-electron chi connectivity index (χ2n) is 5.72. The van der Waals surface area contributed by atoms with Crippen molar-refractivity contribution in [2.24, 2.45) is 0 Å². The molecule has 0 atom stereocenters. The summed E-state index contributed by atoms with van der Waals surface area (Å²) >= 11 is 0. The molecule has 1 rings (SSSR count). The summed E-state index contributed by atoms with van der Waals surface area (Å²) in [7, 11) is 2.14. The second kappa shape index (κ2) is 13.5. The van der Waals surface area contributed by atoms with E-state index >= 15 is 0 Å². The van der Waals surface area contributed by atoms with E-state index in [-0.39, 0.29) is 0 Å². The quantitative estimate of drug-likeness (QED) is 0.438. The number of nitrogens with one attached hydrogen (secondary N) is 1. The molecule has 0 heterocycles. The predicted molar refractivity (Wildman–Crippen MR) is 85.9 cm³/mol. The summed E-state index contributed by atoms with van der Waals surface area (Å²) < 4.78 is 16.4. The molecule has 0 unspecified atom stereocenters. The minimum Gasteiger partial charge on any atom is -0.379 e. The van der Waals surface area contributed by atoms with Crippen LogP contribution in [-0.4, -0.2) is 77.3 Å². The Balaban J connectivity index is 1.69. The Morgan fingerprint density at radius 1 is 0.905 bits per heavy atom. The fourth-order valence-corrected chi connectivity index (χ4v) is 1.87. The molecule has 0 amide bonds. The third-order valence-corrected chi connectivity index (χ3v) is 3.51. The summed E-state index contributed by atoms with van der Waals surface area (Å²) in [5.74, 6) is 0. The maximum Gasteiger partial charge on any atom is 0.0701 e. The standard InChI is InChI=1S/C16H34N2O3/c1-3-4-10-19-12-14-21-15-13-20-11-9-18(2)8-7-17-16-5-6-16/h16-17H,3-15H2,1-2H3. The van der Waals surface area contributed by atoms with E-state index in [9.17, 15) is 0 Å². The topological polar surface area (TPSA) is 43.0 Å². The summed E-state index contributed by atoms with van der Waals surface area (Å²) in [6.07, 6.45) is 5.03. The average molecular weight is 302 g/mol. The second-order valence-corrected chi connectivity index (χ2v) is 5.72. The molecule has 0 radical (unpaired) electrons. The molecule has 5 nitrogen and oxygen atoms in total. The van der Waals surface area contributed by atoms with E-state index in [0.717, 1.165) is 45.3 Å². The number of hydrogen-bond donors (Lipinski definition) is 1. The van der Waals surface area contributed by atoms with Gasteiger partial charge in [0.15, 0.2) is 0 Å². The Bertz CT molecular complexity index is 226. The van der Waals surface area contributed by atoms with Gasteiger partial charge in [-0.15, -0.1) is 0 Å². The molecule has 0 aromatic heterocycles. The largest absolute Gasteiger partial charge is 0.379 e. The summed E-state index contributed by atoms with van der Waals surface area (Å²) in [6.45, 7) is 9.62. The van der Waals surface area contributed by atoms with Crippen molar-refractivity contribution in [1.29, 1.82) is 0 Å². The fraction of sp³-hybridized carbons (Fsp3) is 1.00. The van der Waals surface area contributed by atoms with Gasteiger partial charge < -0.3 is 24.4 Å². The zero-order valence-corrected chi connectivity index (χ0v) is 13.9. The molecule has 1 saturated carbocycles. The van der Waals surface area contributed by atoms with E-state index in [1.165, 1.54) is 19.3 Å². The van der Waals surface area contributed by atoms with E-state index in [1.807, 2.05) is 0 Å². The Labute approximate surface area is 130 Å². The Morgan fingerprint density at radius 2 is 1.52 bits per heavy atom. The molecule has 0 aliphatic heterocycles. The number of rotatable bonds is 16. The number of unbranched alkanes of at least 4 members (excludes halogenated alkanes) is 1. The average Bonchev–Trinajstić information content (AvgIpc) is 3.29. The van der Waals surface area contributed by atoms with Gasteiger partial charge in [-0.2, -0.15) is 0 Å². The van der Waals surface area contributed by atoms with E-state index < -0.39 is 0 Å². The molecule has 0 aromatic rings. The zero-order chi connectivity index (χ0) is 15.2. The lowest BCUT2D eigenvalue weighted by atomic mass is 10.4. The number of nitrogens with zero attached hydrogens (tertiary/aromatic N) is 1. The van der Waals surface area contributed by atoms with Gasteiger partial charge in [-0.05, 0) is 26.3 Å². The van der Waals surface area contributed by atoms with Gasteiger partial charge in [0.2, 0.25) is 0 Å². The fourth-order valence-electron chi connectivity index (χ4n) is 1.87. The lowest BCUT2D eigenvalue weighted by Gasteiger charge is -2.16. The highest BCUT2D eigenvalue weighted by molar-refractivity contribution is 4.80. The first-order chi connectivity index (χ1) is 10.3. The van der Waals surface area contributed by atoms with E-state index in [4.69, 9.17) is 14.2 Å². The summed E-state index contributed by atoms with van der Waals surface area (Å²) in [4.78, 5) is 2.30. The highest BCUT2D eigenvalue weighted by Gasteiger charge is 2.19. The van der Waals surface area contributed by atoms with Crippen LogP contribution in [0, 0.1) is 0 Å². The lowest BCUT2D eigenvalue weighted by molar-refractivity contribution is 0.0112. The molecule has 0 saturated heterocycles. The molecule has 126 valence electrons. The first-order valence-electron chi connectivity index (χ1n) is 8.48. The SMILES string of the molecule is CCCCOCCOCCOCCN(C)CCNC1CC1. The van der Waals surface area contributed by atoms with E-state index in [0.29, 0.717) is 26.4 Å². The molecule has 0 aromatic carbocycles. The summed E-state index contributed by atoms with van der Waals surface area (Å²) in [6, 6.07) is 0.803. The summed E-state index contributed by atoms with van der Waals surface area (Å²) in [5.41, 5.74) is 0. The van der Waals surface area contributed by atoms with Crippen LogP contribution in [0.3, 0.4) is 0 Å². The maximum atomic E-state index is 5.56. The van der Waals surface area contributed by atoms with Crippen molar-refractivity contribution in [3.63, 3.8) is 0 Å². The number of likely N-dealkylation sites (N-methyl/N-ethyl adjacent to an activating group) is 1. The van der Waals surface area contributed by atoms with Gasteiger partial charge >= 0.3 is 0 Å². The van der Waals surface area contributed by atoms with Crippen molar-refractivity contribution in [3.8, 4) is 0 Å². The molecule has 5 heteroatoms. The lowest BCUT2D eigenvalue weighted by Crippen LogP contribution is -2.32. The predicted octanol–water partition coefficient (Wildman–Crippen LogP) is 1.52. The summed E-state index contributed by atoms with van der Waals surface area (Å²) in [5, 5.41) is 3.52. The Hall–Kier alpha value is -0.200. The molecular formula is C16H34N2O3.